The van der Waals surface area contributed by atoms with Crippen molar-refractivity contribution in [1.82, 2.24) is 10.2 Å². The molecule has 0 saturated carbocycles. The number of carboxylic acid groups (broad SMARTS) is 1. The first kappa shape index (κ1) is 14.3. The SMILES string of the molecule is CCC(CNC(=O)N1CCC(C(N)=O)C1)C(=O)O. The Labute approximate surface area is 105 Å². The summed E-state index contributed by atoms with van der Waals surface area (Å²) in [5, 5.41) is 11.4. The summed E-state index contributed by atoms with van der Waals surface area (Å²) in [5.74, 6) is -2.20. The van der Waals surface area contributed by atoms with Crippen molar-refractivity contribution in [2.75, 3.05) is 19.6 Å². The van der Waals surface area contributed by atoms with Crippen molar-refractivity contribution < 1.29 is 19.5 Å². The molecule has 102 valence electrons. The smallest absolute Gasteiger partial charge is 0.317 e. The molecule has 0 bridgehead atoms. The quantitative estimate of drug-likeness (QED) is 0.622. The highest BCUT2D eigenvalue weighted by molar-refractivity contribution is 5.80. The number of carbonyl (C=O) groups is 3. The van der Waals surface area contributed by atoms with Gasteiger partial charge in [0.2, 0.25) is 5.91 Å². The second-order valence-electron chi connectivity index (χ2n) is 4.46. The summed E-state index contributed by atoms with van der Waals surface area (Å²) in [6, 6.07) is -0.335. The van der Waals surface area contributed by atoms with Gasteiger partial charge in [0.05, 0.1) is 11.8 Å². The molecule has 0 aromatic rings. The van der Waals surface area contributed by atoms with E-state index < -0.39 is 17.8 Å². The van der Waals surface area contributed by atoms with Gasteiger partial charge in [-0.05, 0) is 12.8 Å². The molecule has 1 aliphatic rings. The fourth-order valence-corrected chi connectivity index (χ4v) is 1.91. The van der Waals surface area contributed by atoms with Crippen LogP contribution in [0, 0.1) is 11.8 Å². The Morgan fingerprint density at radius 3 is 2.61 bits per heavy atom. The number of likely N-dealkylation sites (tertiary alicyclic amines) is 1. The van der Waals surface area contributed by atoms with E-state index in [1.165, 1.54) is 4.90 Å². The van der Waals surface area contributed by atoms with Gasteiger partial charge in [0.1, 0.15) is 0 Å². The lowest BCUT2D eigenvalue weighted by Gasteiger charge is -2.18. The summed E-state index contributed by atoms with van der Waals surface area (Å²) >= 11 is 0. The minimum Gasteiger partial charge on any atom is -0.481 e. The molecule has 1 fully saturated rings. The van der Waals surface area contributed by atoms with Crippen molar-refractivity contribution >= 4 is 17.9 Å². The molecule has 4 N–H and O–H groups in total. The summed E-state index contributed by atoms with van der Waals surface area (Å²) in [7, 11) is 0. The molecule has 18 heavy (non-hydrogen) atoms. The van der Waals surface area contributed by atoms with Crippen molar-refractivity contribution in [3.63, 3.8) is 0 Å². The molecule has 0 aromatic carbocycles. The number of carboxylic acids is 1. The number of urea groups is 1. The van der Waals surface area contributed by atoms with Crippen LogP contribution in [0.4, 0.5) is 4.79 Å². The van der Waals surface area contributed by atoms with Gasteiger partial charge < -0.3 is 21.1 Å². The zero-order valence-corrected chi connectivity index (χ0v) is 10.4. The summed E-state index contributed by atoms with van der Waals surface area (Å²) in [4.78, 5) is 35.0. The van der Waals surface area contributed by atoms with E-state index in [2.05, 4.69) is 5.32 Å². The first-order valence-electron chi connectivity index (χ1n) is 6.00. The van der Waals surface area contributed by atoms with Gasteiger partial charge in [-0.25, -0.2) is 4.79 Å². The molecule has 1 aliphatic heterocycles. The Kier molecular flexibility index (Phi) is 4.94. The summed E-state index contributed by atoms with van der Waals surface area (Å²) in [6.45, 7) is 2.64. The van der Waals surface area contributed by atoms with Crippen molar-refractivity contribution in [2.24, 2.45) is 17.6 Å². The van der Waals surface area contributed by atoms with E-state index in [4.69, 9.17) is 10.8 Å². The average Bonchev–Trinajstić information content (AvgIpc) is 2.78. The minimum absolute atomic E-state index is 0.0996. The van der Waals surface area contributed by atoms with Gasteiger partial charge in [-0.15, -0.1) is 0 Å². The van der Waals surface area contributed by atoms with Gasteiger partial charge in [0.25, 0.3) is 0 Å². The number of rotatable bonds is 5. The number of hydrogen-bond acceptors (Lipinski definition) is 3. The molecule has 1 saturated heterocycles. The van der Waals surface area contributed by atoms with Crippen LogP contribution in [0.2, 0.25) is 0 Å². The molecule has 0 aliphatic carbocycles. The molecule has 0 aromatic heterocycles. The number of aliphatic carboxylic acids is 1. The number of nitrogens with two attached hydrogens (primary N) is 1. The largest absolute Gasteiger partial charge is 0.481 e. The molecule has 3 amide bonds. The minimum atomic E-state index is -0.922. The van der Waals surface area contributed by atoms with E-state index in [1.807, 2.05) is 0 Å². The van der Waals surface area contributed by atoms with E-state index in [9.17, 15) is 14.4 Å². The first-order chi connectivity index (χ1) is 8.45. The van der Waals surface area contributed by atoms with Crippen LogP contribution in [0.15, 0.2) is 0 Å². The first-order valence-corrected chi connectivity index (χ1v) is 6.00. The van der Waals surface area contributed by atoms with Crippen molar-refractivity contribution in [1.29, 1.82) is 0 Å². The van der Waals surface area contributed by atoms with Crippen LogP contribution < -0.4 is 11.1 Å². The van der Waals surface area contributed by atoms with E-state index in [0.29, 0.717) is 25.9 Å². The van der Waals surface area contributed by atoms with Gasteiger partial charge in [0.15, 0.2) is 0 Å². The highest BCUT2D eigenvalue weighted by Crippen LogP contribution is 2.15. The zero-order chi connectivity index (χ0) is 13.7. The standard InChI is InChI=1S/C11H19N3O4/c1-2-7(10(16)17)5-13-11(18)14-4-3-8(6-14)9(12)15/h7-8H,2-6H2,1H3,(H2,12,15)(H,13,18)(H,16,17). The van der Waals surface area contributed by atoms with E-state index in [-0.39, 0.29) is 18.5 Å². The second kappa shape index (κ2) is 6.23. The van der Waals surface area contributed by atoms with Crippen molar-refractivity contribution in [3.05, 3.63) is 0 Å². The Hall–Kier alpha value is -1.79. The number of nitrogens with zero attached hydrogens (tertiary/aromatic N) is 1. The molecule has 1 heterocycles. The lowest BCUT2D eigenvalue weighted by atomic mass is 10.1. The van der Waals surface area contributed by atoms with Crippen LogP contribution >= 0.6 is 0 Å². The third kappa shape index (κ3) is 3.61. The van der Waals surface area contributed by atoms with Gasteiger partial charge in [-0.1, -0.05) is 6.92 Å². The van der Waals surface area contributed by atoms with Gasteiger partial charge >= 0.3 is 12.0 Å². The maximum absolute atomic E-state index is 11.7. The van der Waals surface area contributed by atoms with Crippen LogP contribution in [-0.2, 0) is 9.59 Å². The molecule has 2 atom stereocenters. The number of primary amides is 1. The summed E-state index contributed by atoms with van der Waals surface area (Å²) in [6.07, 6.45) is 1.03. The Morgan fingerprint density at radius 1 is 1.50 bits per heavy atom. The fourth-order valence-electron chi connectivity index (χ4n) is 1.91. The predicted molar refractivity (Wildman–Crippen MR) is 63.7 cm³/mol. The van der Waals surface area contributed by atoms with Gasteiger partial charge in [0, 0.05) is 19.6 Å². The summed E-state index contributed by atoms with van der Waals surface area (Å²) in [5.41, 5.74) is 5.17. The number of amides is 3. The van der Waals surface area contributed by atoms with E-state index in [0.717, 1.165) is 0 Å². The fraction of sp³-hybridized carbons (Fsp3) is 0.727. The molecule has 0 spiro atoms. The molecule has 0 radical (unpaired) electrons. The monoisotopic (exact) mass is 257 g/mol. The lowest BCUT2D eigenvalue weighted by molar-refractivity contribution is -0.141. The molecular weight excluding hydrogens is 238 g/mol. The van der Waals surface area contributed by atoms with Crippen LogP contribution in [0.1, 0.15) is 19.8 Å². The molecular formula is C11H19N3O4. The van der Waals surface area contributed by atoms with Crippen LogP contribution in [0.5, 0.6) is 0 Å². The Morgan fingerprint density at radius 2 is 2.17 bits per heavy atom. The van der Waals surface area contributed by atoms with Crippen LogP contribution in [0.3, 0.4) is 0 Å². The Balaban J connectivity index is 2.38. The highest BCUT2D eigenvalue weighted by Gasteiger charge is 2.30. The predicted octanol–water partition coefficient (Wildman–Crippen LogP) is -0.386. The van der Waals surface area contributed by atoms with Gasteiger partial charge in [-0.3, -0.25) is 9.59 Å². The number of carbonyl (C=O) groups excluding carboxylic acids is 2. The van der Waals surface area contributed by atoms with E-state index >= 15 is 0 Å². The highest BCUT2D eigenvalue weighted by atomic mass is 16.4. The second-order valence-corrected chi connectivity index (χ2v) is 4.46. The topological polar surface area (TPSA) is 113 Å². The molecule has 2 unspecified atom stereocenters. The zero-order valence-electron chi connectivity index (χ0n) is 10.4. The lowest BCUT2D eigenvalue weighted by Crippen LogP contribution is -2.42. The number of hydrogen-bond donors (Lipinski definition) is 3. The third-order valence-electron chi connectivity index (χ3n) is 3.22. The normalized spacial score (nSPS) is 20.5. The molecule has 7 nitrogen and oxygen atoms in total. The number of nitrogens with one attached hydrogen (secondary N) is 1. The Bertz CT molecular complexity index is 345. The maximum atomic E-state index is 11.7. The molecule has 7 heteroatoms. The van der Waals surface area contributed by atoms with E-state index in [1.54, 1.807) is 6.92 Å². The summed E-state index contributed by atoms with van der Waals surface area (Å²) < 4.78 is 0. The van der Waals surface area contributed by atoms with Crippen molar-refractivity contribution in [2.45, 2.75) is 19.8 Å². The average molecular weight is 257 g/mol. The van der Waals surface area contributed by atoms with Crippen molar-refractivity contribution in [3.8, 4) is 0 Å². The van der Waals surface area contributed by atoms with Crippen LogP contribution in [-0.4, -0.2) is 47.5 Å². The third-order valence-corrected chi connectivity index (χ3v) is 3.22. The maximum Gasteiger partial charge on any atom is 0.317 e. The molecule has 1 rings (SSSR count). The van der Waals surface area contributed by atoms with Crippen LogP contribution in [0.25, 0.3) is 0 Å². The van der Waals surface area contributed by atoms with Gasteiger partial charge in [-0.2, -0.15) is 0 Å².